The van der Waals surface area contributed by atoms with E-state index in [-0.39, 0.29) is 0 Å². The molecule has 0 saturated carbocycles. The Bertz CT molecular complexity index is 57.4. The van der Waals surface area contributed by atoms with Crippen LogP contribution in [0.5, 0.6) is 0 Å². The van der Waals surface area contributed by atoms with Gasteiger partial charge in [0.2, 0.25) is 0 Å². The zero-order valence-corrected chi connectivity index (χ0v) is 7.40. The van der Waals surface area contributed by atoms with E-state index in [4.69, 9.17) is 0 Å². The predicted octanol–water partition coefficient (Wildman–Crippen LogP) is 1.98. The highest BCUT2D eigenvalue weighted by Gasteiger charge is 1.80. The molecule has 0 heterocycles. The van der Waals surface area contributed by atoms with E-state index in [1.54, 1.807) is 0 Å². The minimum atomic E-state index is 0.313. The van der Waals surface area contributed by atoms with E-state index in [2.05, 4.69) is 26.0 Å². The molecule has 0 saturated heterocycles. The fourth-order valence-electron chi connectivity index (χ4n) is 0.679. The van der Waals surface area contributed by atoms with Crippen molar-refractivity contribution in [3.8, 4) is 0 Å². The normalized spacial score (nSPS) is 12.2. The molecule has 0 aliphatic heterocycles. The lowest BCUT2D eigenvalue weighted by Crippen LogP contribution is -1.82. The molecule has 0 bridgehead atoms. The first-order valence-electron chi connectivity index (χ1n) is 3.53. The summed E-state index contributed by atoms with van der Waals surface area (Å²) < 4.78 is 0. The molecule has 0 radical (unpaired) electrons. The van der Waals surface area contributed by atoms with Crippen LogP contribution in [0.3, 0.4) is 0 Å². The van der Waals surface area contributed by atoms with Crippen LogP contribution in [0.2, 0.25) is 12.1 Å². The number of hydrogen-bond donors (Lipinski definition) is 0. The Balaban J connectivity index is 2.72. The minimum absolute atomic E-state index is 0.313. The molecule has 0 N–H and O–H groups in total. The van der Waals surface area contributed by atoms with Crippen LogP contribution in [0.25, 0.3) is 0 Å². The first-order chi connectivity index (χ1) is 3.91. The Labute approximate surface area is 54.8 Å². The first kappa shape index (κ1) is 7.96. The van der Waals surface area contributed by atoms with E-state index in [0.717, 1.165) is 0 Å². The molecule has 0 rings (SSSR count). The molecule has 1 heteroatoms. The second kappa shape index (κ2) is 6.96. The van der Waals surface area contributed by atoms with Crippen LogP contribution in [0, 0.1) is 0 Å². The maximum absolute atomic E-state index is 2.29. The van der Waals surface area contributed by atoms with Crippen LogP contribution in [-0.2, 0) is 0 Å². The Hall–Kier alpha value is -0.0431. The smallest absolute Gasteiger partial charge is 0.0239 e. The van der Waals surface area contributed by atoms with E-state index >= 15 is 0 Å². The maximum Gasteiger partial charge on any atom is 0.0239 e. The average molecular weight is 128 g/mol. The van der Waals surface area contributed by atoms with Crippen LogP contribution < -0.4 is 0 Å². The predicted molar refractivity (Wildman–Crippen MR) is 43.3 cm³/mol. The number of rotatable bonds is 4. The van der Waals surface area contributed by atoms with Gasteiger partial charge in [0.25, 0.3) is 0 Å². The Morgan fingerprint density at radius 2 is 2.25 bits per heavy atom. The van der Waals surface area contributed by atoms with Crippen molar-refractivity contribution in [3.05, 3.63) is 12.2 Å². The highest BCUT2D eigenvalue weighted by atomic mass is 28.2. The fourth-order valence-corrected chi connectivity index (χ4v) is 2.04. The highest BCUT2D eigenvalue weighted by Crippen LogP contribution is 1.90. The van der Waals surface area contributed by atoms with Crippen LogP contribution in [-0.4, -0.2) is 9.52 Å². The summed E-state index contributed by atoms with van der Waals surface area (Å²) in [6, 6.07) is 2.93. The van der Waals surface area contributed by atoms with Crippen molar-refractivity contribution in [1.82, 2.24) is 0 Å². The van der Waals surface area contributed by atoms with Crippen molar-refractivity contribution >= 4 is 9.52 Å². The summed E-state index contributed by atoms with van der Waals surface area (Å²) >= 11 is 0. The van der Waals surface area contributed by atoms with Gasteiger partial charge in [0, 0.05) is 9.52 Å². The van der Waals surface area contributed by atoms with Crippen molar-refractivity contribution < 1.29 is 0 Å². The Morgan fingerprint density at radius 3 is 2.75 bits per heavy atom. The topological polar surface area (TPSA) is 0 Å². The monoisotopic (exact) mass is 128 g/mol. The molecule has 0 aromatic rings. The van der Waals surface area contributed by atoms with Gasteiger partial charge in [0.05, 0.1) is 0 Å². The van der Waals surface area contributed by atoms with Crippen LogP contribution in [0.1, 0.15) is 20.3 Å². The molecule has 0 aromatic carbocycles. The second-order valence-electron chi connectivity index (χ2n) is 2.06. The van der Waals surface area contributed by atoms with Crippen molar-refractivity contribution in [2.75, 3.05) is 0 Å². The molecule has 0 aliphatic carbocycles. The lowest BCUT2D eigenvalue weighted by Gasteiger charge is -1.87. The number of allylic oxidation sites excluding steroid dienone is 2. The zero-order chi connectivity index (χ0) is 6.24. The van der Waals surface area contributed by atoms with E-state index in [0.29, 0.717) is 9.52 Å². The quantitative estimate of drug-likeness (QED) is 0.308. The van der Waals surface area contributed by atoms with Gasteiger partial charge in [-0.05, 0) is 13.0 Å². The summed E-state index contributed by atoms with van der Waals surface area (Å²) in [5, 5.41) is 0. The fraction of sp³-hybridized carbons (Fsp3) is 0.714. The second-order valence-corrected chi connectivity index (χ2v) is 4.06. The molecule has 0 aliphatic rings. The molecule has 0 spiro atoms. The van der Waals surface area contributed by atoms with Crippen molar-refractivity contribution in [2.24, 2.45) is 0 Å². The van der Waals surface area contributed by atoms with Crippen LogP contribution in [0.15, 0.2) is 12.2 Å². The molecule has 48 valence electrons. The molecule has 0 fully saturated rings. The van der Waals surface area contributed by atoms with Gasteiger partial charge < -0.3 is 0 Å². The van der Waals surface area contributed by atoms with Gasteiger partial charge in [-0.1, -0.05) is 31.5 Å². The van der Waals surface area contributed by atoms with Crippen molar-refractivity contribution in [3.63, 3.8) is 0 Å². The van der Waals surface area contributed by atoms with Gasteiger partial charge in [-0.15, -0.1) is 0 Å². The lowest BCUT2D eigenvalue weighted by atomic mass is 10.6. The van der Waals surface area contributed by atoms with E-state index in [9.17, 15) is 0 Å². The van der Waals surface area contributed by atoms with Crippen molar-refractivity contribution in [1.29, 1.82) is 0 Å². The summed E-state index contributed by atoms with van der Waals surface area (Å²) in [5.41, 5.74) is 0. The molecular weight excluding hydrogens is 112 g/mol. The third kappa shape index (κ3) is 5.96. The van der Waals surface area contributed by atoms with Gasteiger partial charge >= 0.3 is 0 Å². The summed E-state index contributed by atoms with van der Waals surface area (Å²) in [7, 11) is 0.313. The third-order valence-electron chi connectivity index (χ3n) is 1.21. The summed E-state index contributed by atoms with van der Waals surface area (Å²) in [6.07, 6.45) is 5.84. The van der Waals surface area contributed by atoms with Gasteiger partial charge in [-0.3, -0.25) is 0 Å². The van der Waals surface area contributed by atoms with Crippen molar-refractivity contribution in [2.45, 2.75) is 32.4 Å². The SMILES string of the molecule is CC=CC[SiH2]CCC. The maximum atomic E-state index is 2.29. The molecule has 0 aromatic heterocycles. The zero-order valence-electron chi connectivity index (χ0n) is 5.98. The minimum Gasteiger partial charge on any atom is -0.0920 e. The molecular formula is C7H16Si. The van der Waals surface area contributed by atoms with Gasteiger partial charge in [0.1, 0.15) is 0 Å². The van der Waals surface area contributed by atoms with Gasteiger partial charge in [-0.2, -0.15) is 0 Å². The molecule has 0 amide bonds. The molecule has 0 atom stereocenters. The first-order valence-corrected chi connectivity index (χ1v) is 5.53. The average Bonchev–Trinajstić information content (AvgIpc) is 1.81. The summed E-state index contributed by atoms with van der Waals surface area (Å²) in [4.78, 5) is 0. The standard InChI is InChI=1S/C7H16Si/c1-3-5-7-8-6-4-2/h3,5H,4,6-8H2,1-2H3. The molecule has 0 nitrogen and oxygen atoms in total. The highest BCUT2D eigenvalue weighted by molar-refractivity contribution is 6.35. The Morgan fingerprint density at radius 1 is 1.50 bits per heavy atom. The lowest BCUT2D eigenvalue weighted by molar-refractivity contribution is 1.07. The largest absolute Gasteiger partial charge is 0.0920 e. The van der Waals surface area contributed by atoms with Gasteiger partial charge in [0.15, 0.2) is 0 Å². The summed E-state index contributed by atoms with van der Waals surface area (Å²) in [6.45, 7) is 4.36. The molecule has 8 heavy (non-hydrogen) atoms. The van der Waals surface area contributed by atoms with Crippen LogP contribution in [0.4, 0.5) is 0 Å². The van der Waals surface area contributed by atoms with E-state index in [1.165, 1.54) is 18.5 Å². The van der Waals surface area contributed by atoms with Gasteiger partial charge in [-0.25, -0.2) is 0 Å². The number of hydrogen-bond acceptors (Lipinski definition) is 0. The molecule has 0 unspecified atom stereocenters. The van der Waals surface area contributed by atoms with E-state index < -0.39 is 0 Å². The summed E-state index contributed by atoms with van der Waals surface area (Å²) in [5.74, 6) is 0. The third-order valence-corrected chi connectivity index (χ3v) is 3.16. The Kier molecular flexibility index (Phi) is 6.92. The van der Waals surface area contributed by atoms with Crippen LogP contribution >= 0.6 is 0 Å². The van der Waals surface area contributed by atoms with E-state index in [1.807, 2.05) is 0 Å².